The van der Waals surface area contributed by atoms with E-state index in [4.69, 9.17) is 19.3 Å². The van der Waals surface area contributed by atoms with E-state index in [1.165, 1.54) is 17.8 Å². The van der Waals surface area contributed by atoms with Gasteiger partial charge >= 0.3 is 5.97 Å². The molecule has 1 aromatic heterocycles. The lowest BCUT2D eigenvalue weighted by atomic mass is 9.99. The summed E-state index contributed by atoms with van der Waals surface area (Å²) in [7, 11) is 0. The average molecular weight is 381 g/mol. The molecule has 0 radical (unpaired) electrons. The summed E-state index contributed by atoms with van der Waals surface area (Å²) in [5.41, 5.74) is 2.24. The molecule has 0 unspecified atom stereocenters. The van der Waals surface area contributed by atoms with Gasteiger partial charge in [-0.25, -0.2) is 4.79 Å². The minimum absolute atomic E-state index is 0.00714. The Morgan fingerprint density at radius 3 is 2.57 bits per heavy atom. The zero-order chi connectivity index (χ0) is 19.6. The Labute approximate surface area is 163 Å². The van der Waals surface area contributed by atoms with Crippen molar-refractivity contribution in [1.29, 1.82) is 0 Å². The van der Waals surface area contributed by atoms with Gasteiger partial charge in [0.05, 0.1) is 19.8 Å². The number of ether oxygens (including phenoxy) is 3. The lowest BCUT2D eigenvalue weighted by Gasteiger charge is -2.34. The number of fused-ring (bicyclic) bond motifs is 1. The number of aliphatic carboxylic acids is 1. The topological polar surface area (TPSA) is 69.9 Å². The molecule has 2 aromatic carbocycles. The maximum atomic E-state index is 11.2. The van der Waals surface area contributed by atoms with Crippen LogP contribution in [0.3, 0.4) is 0 Å². The molecule has 4 rings (SSSR count). The lowest BCUT2D eigenvalue weighted by molar-refractivity contribution is -0.262. The first-order chi connectivity index (χ1) is 13.5. The van der Waals surface area contributed by atoms with Crippen LogP contribution in [0.2, 0.25) is 0 Å². The van der Waals surface area contributed by atoms with Crippen LogP contribution >= 0.6 is 0 Å². The molecule has 1 aliphatic rings. The van der Waals surface area contributed by atoms with Crippen LogP contribution in [0.4, 0.5) is 0 Å². The minimum Gasteiger partial charge on any atom is -0.492 e. The Kier molecular flexibility index (Phi) is 5.07. The van der Waals surface area contributed by atoms with Gasteiger partial charge < -0.3 is 23.9 Å². The van der Waals surface area contributed by atoms with E-state index in [1.54, 1.807) is 0 Å². The smallest absolute Gasteiger partial charge is 0.364 e. The fraction of sp³-hybridized carbons (Fsp3) is 0.318. The largest absolute Gasteiger partial charge is 0.492 e. The number of aromatic nitrogens is 1. The third-order valence-electron chi connectivity index (χ3n) is 5.14. The number of hydrogen-bond acceptors (Lipinski definition) is 4. The molecule has 1 N–H and O–H groups in total. The summed E-state index contributed by atoms with van der Waals surface area (Å²) >= 11 is 0. The third kappa shape index (κ3) is 3.74. The SMILES string of the molecule is CC1(C(=O)O)OCC(c2ccc(OCCn3ccc4ccccc43)cc2)CO1. The summed E-state index contributed by atoms with van der Waals surface area (Å²) in [5, 5.41) is 10.4. The highest BCUT2D eigenvalue weighted by Gasteiger charge is 2.40. The minimum atomic E-state index is -1.55. The molecule has 6 nitrogen and oxygen atoms in total. The summed E-state index contributed by atoms with van der Waals surface area (Å²) in [6.45, 7) is 3.39. The van der Waals surface area contributed by atoms with Crippen LogP contribution in [-0.2, 0) is 20.8 Å². The number of carboxylic acid groups (broad SMARTS) is 1. The molecule has 28 heavy (non-hydrogen) atoms. The normalized spacial score (nSPS) is 22.2. The monoisotopic (exact) mass is 381 g/mol. The number of nitrogens with zero attached hydrogens (tertiary/aromatic N) is 1. The second kappa shape index (κ2) is 7.66. The molecule has 3 aromatic rings. The Bertz CT molecular complexity index is 954. The molecule has 146 valence electrons. The van der Waals surface area contributed by atoms with Gasteiger partial charge in [0.15, 0.2) is 0 Å². The van der Waals surface area contributed by atoms with Crippen molar-refractivity contribution < 1.29 is 24.1 Å². The Morgan fingerprint density at radius 2 is 1.86 bits per heavy atom. The predicted molar refractivity (Wildman–Crippen MR) is 105 cm³/mol. The Hall–Kier alpha value is -2.83. The highest BCUT2D eigenvalue weighted by atomic mass is 16.7. The maximum Gasteiger partial charge on any atom is 0.364 e. The van der Waals surface area contributed by atoms with E-state index in [0.29, 0.717) is 19.8 Å². The van der Waals surface area contributed by atoms with E-state index in [0.717, 1.165) is 17.9 Å². The van der Waals surface area contributed by atoms with Crippen LogP contribution < -0.4 is 4.74 Å². The average Bonchev–Trinajstić information content (AvgIpc) is 3.12. The van der Waals surface area contributed by atoms with E-state index in [2.05, 4.69) is 29.0 Å². The fourth-order valence-corrected chi connectivity index (χ4v) is 3.36. The van der Waals surface area contributed by atoms with Crippen molar-refractivity contribution in [3.63, 3.8) is 0 Å². The van der Waals surface area contributed by atoms with Gasteiger partial charge in [-0.05, 0) is 35.2 Å². The number of hydrogen-bond donors (Lipinski definition) is 1. The van der Waals surface area contributed by atoms with Crippen molar-refractivity contribution in [2.45, 2.75) is 25.2 Å². The molecule has 6 heteroatoms. The van der Waals surface area contributed by atoms with Crippen molar-refractivity contribution in [3.05, 3.63) is 66.4 Å². The van der Waals surface area contributed by atoms with Gasteiger partial charge in [-0.2, -0.15) is 0 Å². The molecular formula is C22H23NO5. The van der Waals surface area contributed by atoms with Crippen molar-refractivity contribution in [2.24, 2.45) is 0 Å². The van der Waals surface area contributed by atoms with Crippen LogP contribution in [0.5, 0.6) is 5.75 Å². The van der Waals surface area contributed by atoms with Crippen LogP contribution in [0, 0.1) is 0 Å². The molecule has 0 saturated carbocycles. The number of benzene rings is 2. The first kappa shape index (κ1) is 18.5. The second-order valence-corrected chi connectivity index (χ2v) is 7.06. The molecule has 0 amide bonds. The number of carboxylic acids is 1. The van der Waals surface area contributed by atoms with E-state index in [9.17, 15) is 4.79 Å². The van der Waals surface area contributed by atoms with Gasteiger partial charge in [-0.3, -0.25) is 0 Å². The van der Waals surface area contributed by atoms with E-state index >= 15 is 0 Å². The van der Waals surface area contributed by atoms with Gasteiger partial charge in [0.1, 0.15) is 12.4 Å². The van der Waals surface area contributed by atoms with Crippen LogP contribution in [0.1, 0.15) is 18.4 Å². The summed E-state index contributed by atoms with van der Waals surface area (Å²) in [6.07, 6.45) is 2.07. The summed E-state index contributed by atoms with van der Waals surface area (Å²) < 4.78 is 18.9. The first-order valence-electron chi connectivity index (χ1n) is 9.33. The Balaban J connectivity index is 1.31. The molecule has 2 heterocycles. The zero-order valence-corrected chi connectivity index (χ0v) is 15.7. The predicted octanol–water partition coefficient (Wildman–Crippen LogP) is 3.65. The number of rotatable bonds is 6. The molecule has 0 bridgehead atoms. The van der Waals surface area contributed by atoms with Gasteiger partial charge in [0.2, 0.25) is 0 Å². The molecule has 0 atom stereocenters. The van der Waals surface area contributed by atoms with Crippen molar-refractivity contribution >= 4 is 16.9 Å². The summed E-state index contributed by atoms with van der Waals surface area (Å²) in [6, 6.07) is 18.2. The van der Waals surface area contributed by atoms with Crippen LogP contribution in [0.15, 0.2) is 60.8 Å². The highest BCUT2D eigenvalue weighted by Crippen LogP contribution is 2.29. The maximum absolute atomic E-state index is 11.2. The standard InChI is InChI=1S/C22H23NO5/c1-22(21(24)25)27-14-18(15-28-22)16-6-8-19(9-7-16)26-13-12-23-11-10-17-4-2-3-5-20(17)23/h2-11,18H,12-15H2,1H3,(H,24,25). The molecule has 1 aliphatic heterocycles. The second-order valence-electron chi connectivity index (χ2n) is 7.06. The zero-order valence-electron chi connectivity index (χ0n) is 15.7. The summed E-state index contributed by atoms with van der Waals surface area (Å²) in [4.78, 5) is 11.2. The Morgan fingerprint density at radius 1 is 1.14 bits per heavy atom. The van der Waals surface area contributed by atoms with E-state index in [-0.39, 0.29) is 5.92 Å². The number of carbonyl (C=O) groups is 1. The molecule has 0 spiro atoms. The van der Waals surface area contributed by atoms with Crippen LogP contribution in [0.25, 0.3) is 10.9 Å². The molecule has 1 saturated heterocycles. The third-order valence-corrected chi connectivity index (χ3v) is 5.14. The molecule has 0 aliphatic carbocycles. The fourth-order valence-electron chi connectivity index (χ4n) is 3.36. The van der Waals surface area contributed by atoms with Crippen molar-refractivity contribution in [3.8, 4) is 5.75 Å². The summed E-state index contributed by atoms with van der Waals surface area (Å²) in [5.74, 6) is -1.85. The molecule has 1 fully saturated rings. The van der Waals surface area contributed by atoms with Gasteiger partial charge in [-0.15, -0.1) is 0 Å². The van der Waals surface area contributed by atoms with E-state index in [1.807, 2.05) is 36.4 Å². The quantitative estimate of drug-likeness (QED) is 0.706. The van der Waals surface area contributed by atoms with E-state index < -0.39 is 11.8 Å². The molecular weight excluding hydrogens is 358 g/mol. The van der Waals surface area contributed by atoms with Gasteiger partial charge in [-0.1, -0.05) is 30.3 Å². The van der Waals surface area contributed by atoms with Crippen molar-refractivity contribution in [2.75, 3.05) is 19.8 Å². The van der Waals surface area contributed by atoms with Gasteiger partial charge in [0, 0.05) is 24.6 Å². The van der Waals surface area contributed by atoms with Crippen molar-refractivity contribution in [1.82, 2.24) is 4.57 Å². The lowest BCUT2D eigenvalue weighted by Crippen LogP contribution is -2.47. The number of para-hydroxylation sites is 1. The highest BCUT2D eigenvalue weighted by molar-refractivity contribution is 5.79. The van der Waals surface area contributed by atoms with Crippen LogP contribution in [-0.4, -0.2) is 41.3 Å². The first-order valence-corrected chi connectivity index (χ1v) is 9.33. The van der Waals surface area contributed by atoms with Gasteiger partial charge in [0.25, 0.3) is 5.79 Å².